The summed E-state index contributed by atoms with van der Waals surface area (Å²) in [6.07, 6.45) is 0.603. The van der Waals surface area contributed by atoms with Gasteiger partial charge in [0.05, 0.1) is 0 Å². The van der Waals surface area contributed by atoms with Gasteiger partial charge in [0, 0.05) is 18.7 Å². The molecule has 0 bridgehead atoms. The number of aryl methyl sites for hydroxylation is 4. The van der Waals surface area contributed by atoms with Crippen LogP contribution in [-0.4, -0.2) is 24.7 Å². The van der Waals surface area contributed by atoms with Gasteiger partial charge in [-0.25, -0.2) is 9.97 Å². The van der Waals surface area contributed by atoms with E-state index >= 15 is 0 Å². The molecule has 0 aromatic carbocycles. The maximum absolute atomic E-state index is 5.92. The Morgan fingerprint density at radius 2 is 2.05 bits per heavy atom. The number of pyridine rings is 1. The highest BCUT2D eigenvalue weighted by molar-refractivity contribution is 5.74. The van der Waals surface area contributed by atoms with Gasteiger partial charge in [0.2, 0.25) is 11.8 Å². The van der Waals surface area contributed by atoms with Crippen molar-refractivity contribution in [1.82, 2.24) is 24.7 Å². The molecule has 0 amide bonds. The van der Waals surface area contributed by atoms with Gasteiger partial charge >= 0.3 is 0 Å². The van der Waals surface area contributed by atoms with E-state index in [9.17, 15) is 0 Å². The van der Waals surface area contributed by atoms with Crippen LogP contribution >= 0.6 is 0 Å². The zero-order chi connectivity index (χ0) is 13.4. The number of hydrogen-bond acceptors (Lipinski definition) is 6. The molecular weight excluding hydrogens is 244 g/mol. The van der Waals surface area contributed by atoms with Crippen molar-refractivity contribution in [3.05, 3.63) is 29.5 Å². The van der Waals surface area contributed by atoms with Gasteiger partial charge in [-0.3, -0.25) is 4.57 Å². The molecule has 19 heavy (non-hydrogen) atoms. The van der Waals surface area contributed by atoms with E-state index in [4.69, 9.17) is 10.3 Å². The Labute approximate surface area is 109 Å². The summed E-state index contributed by atoms with van der Waals surface area (Å²) in [5.74, 6) is 1.67. The van der Waals surface area contributed by atoms with Crippen LogP contribution in [0.25, 0.3) is 11.2 Å². The van der Waals surface area contributed by atoms with E-state index in [0.29, 0.717) is 30.6 Å². The van der Waals surface area contributed by atoms with Gasteiger partial charge in [0.15, 0.2) is 11.5 Å². The van der Waals surface area contributed by atoms with Crippen LogP contribution in [0.4, 0.5) is 5.95 Å². The number of hydrogen-bond donors (Lipinski definition) is 1. The predicted molar refractivity (Wildman–Crippen MR) is 69.4 cm³/mol. The lowest BCUT2D eigenvalue weighted by Gasteiger charge is -2.03. The van der Waals surface area contributed by atoms with Crippen LogP contribution in [0.15, 0.2) is 16.7 Å². The van der Waals surface area contributed by atoms with Crippen molar-refractivity contribution in [2.45, 2.75) is 26.8 Å². The molecule has 0 fully saturated rings. The number of rotatable bonds is 3. The smallest absolute Gasteiger partial charge is 0.228 e. The first kappa shape index (κ1) is 11.6. The maximum Gasteiger partial charge on any atom is 0.228 e. The van der Waals surface area contributed by atoms with Crippen LogP contribution < -0.4 is 5.73 Å². The van der Waals surface area contributed by atoms with Crippen molar-refractivity contribution >= 4 is 17.1 Å². The standard InChI is InChI=1S/C12H14N6O/c1-7-3-4-9-11(14-7)18(12(13)16-9)6-5-10-15-8(2)17-19-10/h3-4H,5-6H2,1-2H3,(H2,13,16). The Bertz CT molecular complexity index is 729. The topological polar surface area (TPSA) is 95.7 Å². The minimum atomic E-state index is 0.448. The molecule has 3 aromatic rings. The molecule has 0 atom stereocenters. The largest absolute Gasteiger partial charge is 0.369 e. The first-order valence-corrected chi connectivity index (χ1v) is 6.02. The van der Waals surface area contributed by atoms with E-state index in [0.717, 1.165) is 16.9 Å². The van der Waals surface area contributed by atoms with Gasteiger partial charge < -0.3 is 10.3 Å². The minimum Gasteiger partial charge on any atom is -0.369 e. The van der Waals surface area contributed by atoms with Gasteiger partial charge in [-0.2, -0.15) is 4.98 Å². The van der Waals surface area contributed by atoms with Crippen LogP contribution in [0, 0.1) is 13.8 Å². The minimum absolute atomic E-state index is 0.448. The van der Waals surface area contributed by atoms with E-state index in [1.165, 1.54) is 0 Å². The van der Waals surface area contributed by atoms with E-state index in [1.54, 1.807) is 6.92 Å². The molecule has 0 spiro atoms. The fourth-order valence-electron chi connectivity index (χ4n) is 1.98. The first-order chi connectivity index (χ1) is 9.13. The maximum atomic E-state index is 5.92. The Kier molecular flexibility index (Phi) is 2.66. The highest BCUT2D eigenvalue weighted by atomic mass is 16.5. The molecule has 0 saturated heterocycles. The summed E-state index contributed by atoms with van der Waals surface area (Å²) in [4.78, 5) is 12.9. The average molecular weight is 258 g/mol. The van der Waals surface area contributed by atoms with Crippen molar-refractivity contribution < 1.29 is 4.52 Å². The summed E-state index contributed by atoms with van der Waals surface area (Å²) in [7, 11) is 0. The molecule has 0 aliphatic heterocycles. The fourth-order valence-corrected chi connectivity index (χ4v) is 1.98. The molecule has 0 aliphatic carbocycles. The zero-order valence-corrected chi connectivity index (χ0v) is 10.8. The Morgan fingerprint density at radius 3 is 2.79 bits per heavy atom. The third-order valence-electron chi connectivity index (χ3n) is 2.88. The summed E-state index contributed by atoms with van der Waals surface area (Å²) in [6.45, 7) is 4.34. The van der Waals surface area contributed by atoms with Gasteiger partial charge in [0.25, 0.3) is 0 Å². The van der Waals surface area contributed by atoms with Crippen molar-refractivity contribution in [2.24, 2.45) is 0 Å². The molecule has 0 radical (unpaired) electrons. The summed E-state index contributed by atoms with van der Waals surface area (Å²) >= 11 is 0. The van der Waals surface area contributed by atoms with E-state index < -0.39 is 0 Å². The summed E-state index contributed by atoms with van der Waals surface area (Å²) in [5.41, 5.74) is 8.43. The van der Waals surface area contributed by atoms with E-state index in [-0.39, 0.29) is 0 Å². The van der Waals surface area contributed by atoms with Gasteiger partial charge in [-0.15, -0.1) is 0 Å². The second-order valence-electron chi connectivity index (χ2n) is 4.40. The number of fused-ring (bicyclic) bond motifs is 1. The van der Waals surface area contributed by atoms with Gasteiger partial charge in [-0.1, -0.05) is 5.16 Å². The fraction of sp³-hybridized carbons (Fsp3) is 0.333. The third-order valence-corrected chi connectivity index (χ3v) is 2.88. The van der Waals surface area contributed by atoms with Gasteiger partial charge in [0.1, 0.15) is 5.52 Å². The zero-order valence-electron chi connectivity index (χ0n) is 10.8. The molecule has 3 aromatic heterocycles. The highest BCUT2D eigenvalue weighted by Crippen LogP contribution is 2.16. The average Bonchev–Trinajstić information content (AvgIpc) is 2.90. The molecule has 7 nitrogen and oxygen atoms in total. The van der Waals surface area contributed by atoms with E-state index in [2.05, 4.69) is 20.1 Å². The molecular formula is C12H14N6O. The normalized spacial score (nSPS) is 11.3. The summed E-state index contributed by atoms with van der Waals surface area (Å²) < 4.78 is 6.95. The number of nitrogen functional groups attached to an aromatic ring is 1. The van der Waals surface area contributed by atoms with Gasteiger partial charge in [-0.05, 0) is 26.0 Å². The highest BCUT2D eigenvalue weighted by Gasteiger charge is 2.11. The Morgan fingerprint density at radius 1 is 1.21 bits per heavy atom. The second-order valence-corrected chi connectivity index (χ2v) is 4.40. The number of anilines is 1. The molecule has 98 valence electrons. The molecule has 3 rings (SSSR count). The summed E-state index contributed by atoms with van der Waals surface area (Å²) in [5, 5.41) is 3.76. The molecule has 2 N–H and O–H groups in total. The third kappa shape index (κ3) is 2.14. The number of nitrogens with zero attached hydrogens (tertiary/aromatic N) is 5. The van der Waals surface area contributed by atoms with Crippen molar-refractivity contribution in [1.29, 1.82) is 0 Å². The Balaban J connectivity index is 1.91. The number of aromatic nitrogens is 5. The predicted octanol–water partition coefficient (Wildman–Crippen LogP) is 1.26. The van der Waals surface area contributed by atoms with Crippen LogP contribution in [0.1, 0.15) is 17.4 Å². The second kappa shape index (κ2) is 4.34. The monoisotopic (exact) mass is 258 g/mol. The lowest BCUT2D eigenvalue weighted by atomic mass is 10.3. The van der Waals surface area contributed by atoms with Crippen molar-refractivity contribution in [3.8, 4) is 0 Å². The summed E-state index contributed by atoms with van der Waals surface area (Å²) in [6, 6.07) is 3.84. The van der Waals surface area contributed by atoms with Crippen LogP contribution in [-0.2, 0) is 13.0 Å². The lowest BCUT2D eigenvalue weighted by Crippen LogP contribution is -2.06. The quantitative estimate of drug-likeness (QED) is 0.759. The SMILES string of the molecule is Cc1ccc2nc(N)n(CCc3nc(C)no3)c2n1. The first-order valence-electron chi connectivity index (χ1n) is 6.02. The molecule has 0 saturated carbocycles. The molecule has 7 heteroatoms. The molecule has 3 heterocycles. The van der Waals surface area contributed by atoms with Crippen molar-refractivity contribution in [2.75, 3.05) is 5.73 Å². The van der Waals surface area contributed by atoms with Crippen LogP contribution in [0.3, 0.4) is 0 Å². The lowest BCUT2D eigenvalue weighted by molar-refractivity contribution is 0.369. The number of imidazole rings is 1. The molecule has 0 aliphatic rings. The van der Waals surface area contributed by atoms with Crippen LogP contribution in [0.2, 0.25) is 0 Å². The van der Waals surface area contributed by atoms with Crippen LogP contribution in [0.5, 0.6) is 0 Å². The van der Waals surface area contributed by atoms with Crippen molar-refractivity contribution in [3.63, 3.8) is 0 Å². The molecule has 0 unspecified atom stereocenters. The van der Waals surface area contributed by atoms with E-state index in [1.807, 2.05) is 23.6 Å². The number of nitrogens with two attached hydrogens (primary N) is 1. The Hall–Kier alpha value is -2.44.